The van der Waals surface area contributed by atoms with Gasteiger partial charge < -0.3 is 20.3 Å². The number of aromatic nitrogens is 1. The number of hydrogen-bond acceptors (Lipinski definition) is 4. The lowest BCUT2D eigenvalue weighted by atomic mass is 10.2. The molecule has 0 aliphatic carbocycles. The highest BCUT2D eigenvalue weighted by Gasteiger charge is 2.15. The van der Waals surface area contributed by atoms with Gasteiger partial charge in [-0.1, -0.05) is 24.3 Å². The van der Waals surface area contributed by atoms with Crippen molar-refractivity contribution in [1.29, 1.82) is 0 Å². The fourth-order valence-corrected chi connectivity index (χ4v) is 2.80. The number of benzene rings is 2. The van der Waals surface area contributed by atoms with Crippen molar-refractivity contribution in [3.8, 4) is 0 Å². The van der Waals surface area contributed by atoms with E-state index < -0.39 is 0 Å². The predicted octanol–water partition coefficient (Wildman–Crippen LogP) is 4.01. The third-order valence-electron chi connectivity index (χ3n) is 4.38. The highest BCUT2D eigenvalue weighted by atomic mass is 16.5. The van der Waals surface area contributed by atoms with Gasteiger partial charge in [0.2, 0.25) is 0 Å². The van der Waals surface area contributed by atoms with Crippen LogP contribution in [0.1, 0.15) is 15.9 Å². The third-order valence-corrected chi connectivity index (χ3v) is 4.38. The van der Waals surface area contributed by atoms with Crippen LogP contribution < -0.4 is 10.6 Å². The third kappa shape index (κ3) is 6.15. The van der Waals surface area contributed by atoms with Crippen molar-refractivity contribution >= 4 is 23.3 Å². The van der Waals surface area contributed by atoms with Crippen LogP contribution in [0.2, 0.25) is 0 Å². The molecular formula is C23H24N4O3. The molecule has 0 saturated heterocycles. The van der Waals surface area contributed by atoms with E-state index in [0.717, 1.165) is 11.3 Å². The van der Waals surface area contributed by atoms with Gasteiger partial charge in [-0.3, -0.25) is 9.78 Å². The predicted molar refractivity (Wildman–Crippen MR) is 116 cm³/mol. The Labute approximate surface area is 175 Å². The van der Waals surface area contributed by atoms with Gasteiger partial charge in [0.25, 0.3) is 5.91 Å². The molecule has 0 aliphatic heterocycles. The lowest BCUT2D eigenvalue weighted by Crippen LogP contribution is -2.36. The Morgan fingerprint density at radius 2 is 1.67 bits per heavy atom. The number of carbonyl (C=O) groups is 2. The first kappa shape index (κ1) is 21.0. The minimum atomic E-state index is -0.252. The second-order valence-corrected chi connectivity index (χ2v) is 6.60. The molecule has 0 spiro atoms. The molecule has 2 N–H and O–H groups in total. The van der Waals surface area contributed by atoms with Gasteiger partial charge in [-0.05, 0) is 48.0 Å². The minimum absolute atomic E-state index is 0.211. The Kier molecular flexibility index (Phi) is 7.51. The van der Waals surface area contributed by atoms with E-state index in [-0.39, 0.29) is 11.9 Å². The standard InChI is InChI=1S/C23H24N4O3/c1-30-15-14-27(17-18-6-5-13-24-16-18)23(29)26-21-11-9-19(10-12-21)22(28)25-20-7-3-2-4-8-20/h2-13,16H,14-15,17H2,1H3,(H,25,28)(H,26,29). The fourth-order valence-electron chi connectivity index (χ4n) is 2.80. The molecule has 0 atom stereocenters. The average Bonchev–Trinajstić information content (AvgIpc) is 2.78. The molecule has 0 radical (unpaired) electrons. The number of rotatable bonds is 8. The van der Waals surface area contributed by atoms with Crippen LogP contribution in [-0.4, -0.2) is 42.1 Å². The number of anilines is 2. The maximum atomic E-state index is 12.7. The van der Waals surface area contributed by atoms with Crippen LogP contribution >= 0.6 is 0 Å². The van der Waals surface area contributed by atoms with E-state index in [9.17, 15) is 9.59 Å². The maximum Gasteiger partial charge on any atom is 0.322 e. The van der Waals surface area contributed by atoms with Crippen molar-refractivity contribution < 1.29 is 14.3 Å². The number of nitrogens with one attached hydrogen (secondary N) is 2. The minimum Gasteiger partial charge on any atom is -0.383 e. The highest BCUT2D eigenvalue weighted by Crippen LogP contribution is 2.14. The largest absolute Gasteiger partial charge is 0.383 e. The summed E-state index contributed by atoms with van der Waals surface area (Å²) >= 11 is 0. The molecule has 0 saturated carbocycles. The summed E-state index contributed by atoms with van der Waals surface area (Å²) in [5, 5.41) is 5.70. The van der Waals surface area contributed by atoms with Crippen LogP contribution in [0.3, 0.4) is 0 Å². The topological polar surface area (TPSA) is 83.6 Å². The Morgan fingerprint density at radius 1 is 0.933 bits per heavy atom. The van der Waals surface area contributed by atoms with E-state index in [1.807, 2.05) is 42.5 Å². The van der Waals surface area contributed by atoms with E-state index in [2.05, 4.69) is 15.6 Å². The van der Waals surface area contributed by atoms with Crippen molar-refractivity contribution in [3.05, 3.63) is 90.3 Å². The summed E-state index contributed by atoms with van der Waals surface area (Å²) in [6, 6.07) is 19.5. The van der Waals surface area contributed by atoms with Gasteiger partial charge in [0, 0.05) is 49.5 Å². The molecular weight excluding hydrogens is 380 g/mol. The van der Waals surface area contributed by atoms with Crippen molar-refractivity contribution in [2.75, 3.05) is 30.9 Å². The van der Waals surface area contributed by atoms with Gasteiger partial charge in [-0.2, -0.15) is 0 Å². The van der Waals surface area contributed by atoms with E-state index >= 15 is 0 Å². The molecule has 3 aromatic rings. The Morgan fingerprint density at radius 3 is 2.33 bits per heavy atom. The average molecular weight is 404 g/mol. The van der Waals surface area contributed by atoms with Crippen molar-refractivity contribution in [2.24, 2.45) is 0 Å². The number of pyridine rings is 1. The van der Waals surface area contributed by atoms with Crippen LogP contribution in [-0.2, 0) is 11.3 Å². The molecule has 0 aliphatic rings. The van der Waals surface area contributed by atoms with Crippen LogP contribution in [0.4, 0.5) is 16.2 Å². The molecule has 0 fully saturated rings. The summed E-state index contributed by atoms with van der Waals surface area (Å²) in [7, 11) is 1.60. The number of para-hydroxylation sites is 1. The number of amides is 3. The number of urea groups is 1. The summed E-state index contributed by atoms with van der Waals surface area (Å²) in [5.74, 6) is -0.211. The van der Waals surface area contributed by atoms with Gasteiger partial charge >= 0.3 is 6.03 Å². The second-order valence-electron chi connectivity index (χ2n) is 6.60. The Bertz CT molecular complexity index is 947. The number of ether oxygens (including phenoxy) is 1. The lowest BCUT2D eigenvalue weighted by molar-refractivity contribution is 0.102. The van der Waals surface area contributed by atoms with E-state index in [4.69, 9.17) is 4.74 Å². The van der Waals surface area contributed by atoms with Gasteiger partial charge in [-0.15, -0.1) is 0 Å². The molecule has 7 nitrogen and oxygen atoms in total. The number of methoxy groups -OCH3 is 1. The van der Waals surface area contributed by atoms with E-state index in [1.54, 1.807) is 48.7 Å². The normalized spacial score (nSPS) is 10.3. The number of carbonyl (C=O) groups excluding carboxylic acids is 2. The lowest BCUT2D eigenvalue weighted by Gasteiger charge is -2.23. The molecule has 7 heteroatoms. The van der Waals surface area contributed by atoms with Gasteiger partial charge in [-0.25, -0.2) is 4.79 Å². The number of nitrogens with zero attached hydrogens (tertiary/aromatic N) is 2. The molecule has 30 heavy (non-hydrogen) atoms. The van der Waals surface area contributed by atoms with E-state index in [0.29, 0.717) is 30.9 Å². The summed E-state index contributed by atoms with van der Waals surface area (Å²) < 4.78 is 5.12. The second kappa shape index (κ2) is 10.7. The summed E-state index contributed by atoms with van der Waals surface area (Å²) in [5.41, 5.74) is 2.76. The van der Waals surface area contributed by atoms with Crippen molar-refractivity contribution in [1.82, 2.24) is 9.88 Å². The zero-order chi connectivity index (χ0) is 21.2. The molecule has 1 heterocycles. The molecule has 2 aromatic carbocycles. The monoisotopic (exact) mass is 404 g/mol. The molecule has 0 bridgehead atoms. The van der Waals surface area contributed by atoms with Crippen LogP contribution in [0.25, 0.3) is 0 Å². The van der Waals surface area contributed by atoms with Crippen LogP contribution in [0, 0.1) is 0 Å². The maximum absolute atomic E-state index is 12.7. The summed E-state index contributed by atoms with van der Waals surface area (Å²) in [4.78, 5) is 30.8. The summed E-state index contributed by atoms with van der Waals surface area (Å²) in [6.07, 6.45) is 3.42. The zero-order valence-electron chi connectivity index (χ0n) is 16.7. The zero-order valence-corrected chi connectivity index (χ0v) is 16.7. The van der Waals surface area contributed by atoms with Crippen molar-refractivity contribution in [2.45, 2.75) is 6.54 Å². The first-order chi connectivity index (χ1) is 14.7. The van der Waals surface area contributed by atoms with Crippen molar-refractivity contribution in [3.63, 3.8) is 0 Å². The smallest absolute Gasteiger partial charge is 0.322 e. The molecule has 0 unspecified atom stereocenters. The molecule has 3 rings (SSSR count). The molecule has 154 valence electrons. The molecule has 3 amide bonds. The first-order valence-corrected chi connectivity index (χ1v) is 9.56. The molecule has 1 aromatic heterocycles. The van der Waals surface area contributed by atoms with E-state index in [1.165, 1.54) is 0 Å². The number of hydrogen-bond donors (Lipinski definition) is 2. The van der Waals surface area contributed by atoms with Crippen LogP contribution in [0.5, 0.6) is 0 Å². The van der Waals surface area contributed by atoms with Gasteiger partial charge in [0.15, 0.2) is 0 Å². The van der Waals surface area contributed by atoms with Gasteiger partial charge in [0.05, 0.1) is 6.61 Å². The Balaban J connectivity index is 1.62. The summed E-state index contributed by atoms with van der Waals surface area (Å²) in [6.45, 7) is 1.28. The highest BCUT2D eigenvalue weighted by molar-refractivity contribution is 6.04. The Hall–Kier alpha value is -3.71. The fraction of sp³-hybridized carbons (Fsp3) is 0.174. The van der Waals surface area contributed by atoms with Crippen LogP contribution in [0.15, 0.2) is 79.1 Å². The first-order valence-electron chi connectivity index (χ1n) is 9.56. The SMILES string of the molecule is COCCN(Cc1cccnc1)C(=O)Nc1ccc(C(=O)Nc2ccccc2)cc1. The van der Waals surface area contributed by atoms with Gasteiger partial charge in [0.1, 0.15) is 0 Å². The quantitative estimate of drug-likeness (QED) is 0.594.